The maximum atomic E-state index is 2.43. The summed E-state index contributed by atoms with van der Waals surface area (Å²) in [7, 11) is 0. The zero-order valence-electron chi connectivity index (χ0n) is 41.4. The predicted octanol–water partition coefficient (Wildman–Crippen LogP) is 18.2. The van der Waals surface area contributed by atoms with Crippen LogP contribution < -0.4 is 0 Å². The van der Waals surface area contributed by atoms with Gasteiger partial charge in [-0.1, -0.05) is 211 Å². The lowest BCUT2D eigenvalue weighted by atomic mass is 9.74. The van der Waals surface area contributed by atoms with Crippen molar-refractivity contribution in [3.8, 4) is 0 Å². The Hall–Kier alpha value is -3.90. The molecule has 0 N–H and O–H groups in total. The molecule has 5 aromatic rings. The molecule has 2 aliphatic carbocycles. The van der Waals surface area contributed by atoms with Gasteiger partial charge in [0, 0.05) is 0 Å². The van der Waals surface area contributed by atoms with E-state index in [1.54, 1.807) is 6.42 Å². The Bertz CT molecular complexity index is 1740. The van der Waals surface area contributed by atoms with Crippen molar-refractivity contribution in [1.29, 1.82) is 0 Å². The Morgan fingerprint density at radius 3 is 0.967 bits per heavy atom. The van der Waals surface area contributed by atoms with Gasteiger partial charge in [-0.25, -0.2) is 0 Å². The number of aryl methyl sites for hydroxylation is 10. The van der Waals surface area contributed by atoms with Gasteiger partial charge >= 0.3 is 0 Å². The molecule has 0 aromatic heterocycles. The Balaban J connectivity index is 0.000000259. The summed E-state index contributed by atoms with van der Waals surface area (Å²) in [6.45, 7) is 32.6. The number of hydrogen-bond acceptors (Lipinski definition) is 0. The van der Waals surface area contributed by atoms with Gasteiger partial charge in [0.2, 0.25) is 0 Å². The van der Waals surface area contributed by atoms with Crippen LogP contribution in [0.4, 0.5) is 0 Å². The van der Waals surface area contributed by atoms with E-state index in [4.69, 9.17) is 0 Å². The normalized spacial score (nSPS) is 17.9. The first-order valence-corrected chi connectivity index (χ1v) is 23.7. The maximum Gasteiger partial charge on any atom is -0.00258 e. The van der Waals surface area contributed by atoms with Gasteiger partial charge in [-0.05, 0) is 163 Å². The van der Waals surface area contributed by atoms with E-state index in [1.165, 1.54) is 130 Å². The number of rotatable bonds is 4. The van der Waals surface area contributed by atoms with Gasteiger partial charge in [0.05, 0.1) is 0 Å². The maximum absolute atomic E-state index is 2.43. The summed E-state index contributed by atoms with van der Waals surface area (Å²) in [4.78, 5) is 0. The highest BCUT2D eigenvalue weighted by atomic mass is 14.3. The second kappa shape index (κ2) is 28.6. The molecule has 0 atom stereocenters. The molecule has 0 unspecified atom stereocenters. The van der Waals surface area contributed by atoms with Crippen LogP contribution in [0.5, 0.6) is 0 Å². The molecule has 0 nitrogen and oxygen atoms in total. The number of benzene rings is 5. The highest BCUT2D eigenvalue weighted by Gasteiger charge is 2.24. The van der Waals surface area contributed by atoms with E-state index in [0.717, 1.165) is 30.1 Å². The second-order valence-electron chi connectivity index (χ2n) is 19.0. The fraction of sp³-hybridized carbons (Fsp3) is 0.500. The van der Waals surface area contributed by atoms with Gasteiger partial charge in [0.15, 0.2) is 0 Å². The van der Waals surface area contributed by atoms with Crippen LogP contribution in [0.2, 0.25) is 0 Å². The molecule has 0 aliphatic heterocycles. The molecule has 2 saturated carbocycles. The predicted molar refractivity (Wildman–Crippen MR) is 270 cm³/mol. The molecule has 0 amide bonds. The van der Waals surface area contributed by atoms with E-state index in [2.05, 4.69) is 207 Å². The minimum atomic E-state index is 1.02. The topological polar surface area (TPSA) is 0 Å². The molecule has 5 aromatic carbocycles. The fourth-order valence-corrected chi connectivity index (χ4v) is 7.93. The lowest BCUT2D eigenvalue weighted by Crippen LogP contribution is -2.19. The van der Waals surface area contributed by atoms with Crippen LogP contribution in [0, 0.1) is 99.8 Å². The third-order valence-electron chi connectivity index (χ3n) is 12.8. The van der Waals surface area contributed by atoms with E-state index in [9.17, 15) is 0 Å². The van der Waals surface area contributed by atoms with Gasteiger partial charge in [0.25, 0.3) is 0 Å². The molecule has 2 aliphatic rings. The van der Waals surface area contributed by atoms with E-state index in [0.29, 0.717) is 0 Å². The van der Waals surface area contributed by atoms with Gasteiger partial charge in [0.1, 0.15) is 0 Å². The molecular weight excluding hydrogens is 721 g/mol. The molecule has 2 fully saturated rings. The van der Waals surface area contributed by atoms with Crippen LogP contribution in [0.25, 0.3) is 0 Å². The summed E-state index contributed by atoms with van der Waals surface area (Å²) in [6.07, 6.45) is 16.0. The van der Waals surface area contributed by atoms with Gasteiger partial charge in [-0.3, -0.25) is 0 Å². The van der Waals surface area contributed by atoms with E-state index in [-0.39, 0.29) is 0 Å². The SMILES string of the molecule is CC1CCC(CC2CCC(C)CC2)CC1.CCC.Cc1ccc(C)c(C)c1.Cc1ccc(C)c(C)c1.Cc1ccc(Cc2ccc(C)cc2)cc1.Cc1cccc(C)c1C. The minimum Gasteiger partial charge on any atom is -0.0656 e. The quantitative estimate of drug-likeness (QED) is 0.170. The molecule has 0 spiro atoms. The second-order valence-corrected chi connectivity index (χ2v) is 19.0. The highest BCUT2D eigenvalue weighted by molar-refractivity contribution is 5.32. The van der Waals surface area contributed by atoms with E-state index >= 15 is 0 Å². The lowest BCUT2D eigenvalue weighted by molar-refractivity contribution is 0.201. The Morgan fingerprint density at radius 1 is 0.367 bits per heavy atom. The average molecular weight is 809 g/mol. The third-order valence-corrected chi connectivity index (χ3v) is 12.8. The van der Waals surface area contributed by atoms with E-state index < -0.39 is 0 Å². The van der Waals surface area contributed by atoms with Crippen LogP contribution >= 0.6 is 0 Å². The molecule has 0 radical (unpaired) electrons. The summed E-state index contributed by atoms with van der Waals surface area (Å²) in [6, 6.07) is 36.9. The van der Waals surface area contributed by atoms with Crippen molar-refractivity contribution in [2.45, 2.75) is 174 Å². The molecular formula is C60H88. The van der Waals surface area contributed by atoms with Gasteiger partial charge in [-0.2, -0.15) is 0 Å². The fourth-order valence-electron chi connectivity index (χ4n) is 7.93. The first-order chi connectivity index (χ1) is 28.5. The van der Waals surface area contributed by atoms with Crippen molar-refractivity contribution < 1.29 is 0 Å². The smallest absolute Gasteiger partial charge is 0.00258 e. The van der Waals surface area contributed by atoms with Crippen molar-refractivity contribution in [3.05, 3.63) is 175 Å². The van der Waals surface area contributed by atoms with Crippen molar-refractivity contribution in [1.82, 2.24) is 0 Å². The van der Waals surface area contributed by atoms with Crippen LogP contribution in [0.15, 0.2) is 103 Å². The van der Waals surface area contributed by atoms with Gasteiger partial charge in [-0.15, -0.1) is 0 Å². The highest BCUT2D eigenvalue weighted by Crippen LogP contribution is 2.38. The summed E-state index contributed by atoms with van der Waals surface area (Å²) < 4.78 is 0. The molecule has 60 heavy (non-hydrogen) atoms. The molecule has 0 saturated heterocycles. The first kappa shape index (κ1) is 52.2. The largest absolute Gasteiger partial charge is 0.0656 e. The van der Waals surface area contributed by atoms with Crippen molar-refractivity contribution >= 4 is 0 Å². The minimum absolute atomic E-state index is 1.02. The first-order valence-electron chi connectivity index (χ1n) is 23.7. The lowest BCUT2D eigenvalue weighted by Gasteiger charge is -2.32. The standard InChI is InChI=1S/C15H28.C15H16.3C9H12.C3H8/c2*1-12-3-7-14(8-4-12)11-15-9-5-13(2)6-10-15;2*1-7-4-5-8(2)9(3)6-7;1-7-5-4-6-8(2)9(7)3;1-3-2/h12-15H,3-11H2,1-2H3;3-10H,11H2,1-2H3;3*4-6H,1-3H3;3H2,1-2H3. The summed E-state index contributed by atoms with van der Waals surface area (Å²) >= 11 is 0. The Morgan fingerprint density at radius 2 is 0.683 bits per heavy atom. The van der Waals surface area contributed by atoms with Crippen molar-refractivity contribution in [2.24, 2.45) is 23.7 Å². The third kappa shape index (κ3) is 21.6. The monoisotopic (exact) mass is 809 g/mol. The molecule has 0 heteroatoms. The zero-order valence-corrected chi connectivity index (χ0v) is 41.4. The van der Waals surface area contributed by atoms with E-state index in [1.807, 2.05) is 0 Å². The molecule has 0 heterocycles. The van der Waals surface area contributed by atoms with Crippen LogP contribution in [0.1, 0.15) is 164 Å². The summed E-state index contributed by atoms with van der Waals surface area (Å²) in [5.74, 6) is 4.24. The summed E-state index contributed by atoms with van der Waals surface area (Å²) in [5.41, 5.74) is 17.8. The molecule has 7 rings (SSSR count). The number of hydrogen-bond donors (Lipinski definition) is 0. The van der Waals surface area contributed by atoms with Gasteiger partial charge < -0.3 is 0 Å². The van der Waals surface area contributed by atoms with Crippen LogP contribution in [-0.2, 0) is 6.42 Å². The van der Waals surface area contributed by atoms with Crippen molar-refractivity contribution in [2.75, 3.05) is 0 Å². The Labute approximate surface area is 372 Å². The zero-order chi connectivity index (χ0) is 44.6. The average Bonchev–Trinajstić information content (AvgIpc) is 3.22. The Kier molecular flexibility index (Phi) is 24.9. The van der Waals surface area contributed by atoms with Crippen LogP contribution in [0.3, 0.4) is 0 Å². The molecule has 0 bridgehead atoms. The van der Waals surface area contributed by atoms with Crippen LogP contribution in [-0.4, -0.2) is 0 Å². The van der Waals surface area contributed by atoms with Crippen molar-refractivity contribution in [3.63, 3.8) is 0 Å². The summed E-state index contributed by atoms with van der Waals surface area (Å²) in [5, 5.41) is 0. The molecule has 328 valence electrons.